The second kappa shape index (κ2) is 3.19. The largest absolute Gasteiger partial charge is 0.393 e. The molecule has 0 atom stereocenters. The molecule has 8 nitrogen and oxygen atoms in total. The van der Waals surface area contributed by atoms with E-state index in [-0.39, 0.29) is 22.3 Å². The number of nitrogens with one attached hydrogen (secondary N) is 1. The van der Waals surface area contributed by atoms with Gasteiger partial charge in [0.1, 0.15) is 11.2 Å². The van der Waals surface area contributed by atoms with Gasteiger partial charge in [-0.1, -0.05) is 0 Å². The second-order valence-corrected chi connectivity index (χ2v) is 3.11. The molecule has 0 saturated heterocycles. The van der Waals surface area contributed by atoms with Gasteiger partial charge in [0.2, 0.25) is 0 Å². The molecular weight excluding hydrogens is 216 g/mol. The number of fused-ring (bicyclic) bond motifs is 1. The molecule has 8 heteroatoms. The van der Waals surface area contributed by atoms with Crippen molar-refractivity contribution in [2.45, 2.75) is 0 Å². The lowest BCUT2D eigenvalue weighted by molar-refractivity contribution is -0.392. The van der Waals surface area contributed by atoms with Gasteiger partial charge < -0.3 is 10.7 Å². The quantitative estimate of drug-likeness (QED) is 0.452. The molecule has 0 aliphatic rings. The summed E-state index contributed by atoms with van der Waals surface area (Å²) in [5.74, 6) is 0. The van der Waals surface area contributed by atoms with Crippen molar-refractivity contribution in [3.05, 3.63) is 38.6 Å². The number of H-pyrrole nitrogens is 1. The van der Waals surface area contributed by atoms with Crippen molar-refractivity contribution in [2.24, 2.45) is 0 Å². The van der Waals surface area contributed by atoms with Crippen molar-refractivity contribution >= 4 is 28.0 Å². The Kier molecular flexibility index (Phi) is 1.97. The van der Waals surface area contributed by atoms with Crippen LogP contribution in [0.25, 0.3) is 10.9 Å². The Morgan fingerprint density at radius 3 is 2.38 bits per heavy atom. The maximum Gasteiger partial charge on any atom is 0.300 e. The Balaban J connectivity index is 2.90. The number of nitrogen functional groups attached to an aromatic ring is 1. The molecule has 0 aliphatic heterocycles. The molecule has 3 N–H and O–H groups in total. The minimum atomic E-state index is -0.741. The fourth-order valence-corrected chi connectivity index (χ4v) is 1.52. The Bertz CT molecular complexity index is 603. The van der Waals surface area contributed by atoms with Gasteiger partial charge in [0, 0.05) is 11.6 Å². The zero-order valence-electron chi connectivity index (χ0n) is 7.84. The van der Waals surface area contributed by atoms with Gasteiger partial charge in [-0.05, 0) is 6.07 Å². The molecule has 0 unspecified atom stereocenters. The van der Waals surface area contributed by atoms with Gasteiger partial charge in [0.15, 0.2) is 0 Å². The minimum absolute atomic E-state index is 0.0770. The minimum Gasteiger partial charge on any atom is -0.393 e. The summed E-state index contributed by atoms with van der Waals surface area (Å²) in [5, 5.41) is 21.7. The summed E-state index contributed by atoms with van der Waals surface area (Å²) in [6.07, 6.45) is 1.44. The molecule has 0 aliphatic carbocycles. The zero-order chi connectivity index (χ0) is 11.9. The maximum atomic E-state index is 10.7. The molecule has 2 rings (SSSR count). The molecule has 2 aromatic rings. The van der Waals surface area contributed by atoms with Crippen molar-refractivity contribution in [2.75, 3.05) is 5.73 Å². The van der Waals surface area contributed by atoms with Gasteiger partial charge >= 0.3 is 0 Å². The van der Waals surface area contributed by atoms with E-state index in [4.69, 9.17) is 5.73 Å². The first kappa shape index (κ1) is 9.90. The lowest BCUT2D eigenvalue weighted by atomic mass is 10.1. The molecular formula is C8H6N4O4. The zero-order valence-corrected chi connectivity index (χ0v) is 7.84. The third-order valence-corrected chi connectivity index (χ3v) is 2.24. The van der Waals surface area contributed by atoms with E-state index in [0.29, 0.717) is 0 Å². The van der Waals surface area contributed by atoms with Crippen molar-refractivity contribution in [1.82, 2.24) is 4.98 Å². The lowest BCUT2D eigenvalue weighted by Crippen LogP contribution is -1.99. The molecule has 0 bridgehead atoms. The molecule has 16 heavy (non-hydrogen) atoms. The van der Waals surface area contributed by atoms with Crippen molar-refractivity contribution < 1.29 is 9.85 Å². The number of aromatic amines is 1. The van der Waals surface area contributed by atoms with Crippen LogP contribution in [0.2, 0.25) is 0 Å². The first-order valence-corrected chi connectivity index (χ1v) is 4.20. The van der Waals surface area contributed by atoms with Crippen molar-refractivity contribution in [1.29, 1.82) is 0 Å². The monoisotopic (exact) mass is 222 g/mol. The molecule has 0 saturated carbocycles. The van der Waals surface area contributed by atoms with Crippen LogP contribution in [0.3, 0.4) is 0 Å². The molecule has 1 aromatic carbocycles. The average Bonchev–Trinajstić information content (AvgIpc) is 2.66. The van der Waals surface area contributed by atoms with Gasteiger partial charge in [-0.15, -0.1) is 0 Å². The first-order valence-electron chi connectivity index (χ1n) is 4.20. The van der Waals surface area contributed by atoms with Gasteiger partial charge in [-0.25, -0.2) is 0 Å². The van der Waals surface area contributed by atoms with Crippen LogP contribution in [0.4, 0.5) is 17.1 Å². The van der Waals surface area contributed by atoms with Gasteiger partial charge in [0.05, 0.1) is 15.9 Å². The lowest BCUT2D eigenvalue weighted by Gasteiger charge is -2.00. The SMILES string of the molecule is Nc1c([N+](=O)[O-])cc([N+](=O)[O-])c2[nH]ccc12. The fraction of sp³-hybridized carbons (Fsp3) is 0. The van der Waals surface area contributed by atoms with Crippen LogP contribution in [0.5, 0.6) is 0 Å². The van der Waals surface area contributed by atoms with Crippen LogP contribution in [0, 0.1) is 20.2 Å². The molecule has 1 heterocycles. The van der Waals surface area contributed by atoms with E-state index >= 15 is 0 Å². The highest BCUT2D eigenvalue weighted by Crippen LogP contribution is 2.36. The number of anilines is 1. The Morgan fingerprint density at radius 2 is 1.81 bits per heavy atom. The molecule has 1 aromatic heterocycles. The van der Waals surface area contributed by atoms with E-state index in [1.165, 1.54) is 12.3 Å². The van der Waals surface area contributed by atoms with Crippen LogP contribution < -0.4 is 5.73 Å². The number of non-ortho nitro benzene ring substituents is 1. The second-order valence-electron chi connectivity index (χ2n) is 3.11. The van der Waals surface area contributed by atoms with Crippen molar-refractivity contribution in [3.63, 3.8) is 0 Å². The maximum absolute atomic E-state index is 10.7. The summed E-state index contributed by atoms with van der Waals surface area (Å²) in [7, 11) is 0. The number of rotatable bonds is 2. The van der Waals surface area contributed by atoms with E-state index in [0.717, 1.165) is 6.07 Å². The topological polar surface area (TPSA) is 128 Å². The van der Waals surface area contributed by atoms with Gasteiger partial charge in [-0.3, -0.25) is 20.2 Å². The molecule has 0 fully saturated rings. The number of nitrogens with zero attached hydrogens (tertiary/aromatic N) is 2. The average molecular weight is 222 g/mol. The van der Waals surface area contributed by atoms with E-state index < -0.39 is 15.5 Å². The Labute approximate surface area is 88.0 Å². The fourth-order valence-electron chi connectivity index (χ4n) is 1.52. The number of nitro groups is 2. The molecule has 0 radical (unpaired) electrons. The number of nitrogens with two attached hydrogens (primary N) is 1. The van der Waals surface area contributed by atoms with Gasteiger partial charge in [-0.2, -0.15) is 0 Å². The predicted molar refractivity (Wildman–Crippen MR) is 56.0 cm³/mol. The normalized spacial score (nSPS) is 10.5. The highest BCUT2D eigenvalue weighted by atomic mass is 16.6. The Morgan fingerprint density at radius 1 is 1.19 bits per heavy atom. The summed E-state index contributed by atoms with van der Waals surface area (Å²) in [5.41, 5.74) is 4.84. The van der Waals surface area contributed by atoms with Crippen LogP contribution in [0.15, 0.2) is 18.3 Å². The van der Waals surface area contributed by atoms with Gasteiger partial charge in [0.25, 0.3) is 11.4 Å². The number of aromatic nitrogens is 1. The number of hydrogen-bond donors (Lipinski definition) is 2. The summed E-state index contributed by atoms with van der Waals surface area (Å²) in [4.78, 5) is 22.6. The van der Waals surface area contributed by atoms with Crippen LogP contribution in [0.1, 0.15) is 0 Å². The van der Waals surface area contributed by atoms with Crippen LogP contribution >= 0.6 is 0 Å². The highest BCUT2D eigenvalue weighted by molar-refractivity contribution is 6.01. The third kappa shape index (κ3) is 1.24. The van der Waals surface area contributed by atoms with Crippen LogP contribution in [-0.2, 0) is 0 Å². The number of nitro benzene ring substituents is 2. The number of hydrogen-bond acceptors (Lipinski definition) is 5. The predicted octanol–water partition coefficient (Wildman–Crippen LogP) is 1.57. The van der Waals surface area contributed by atoms with E-state index in [2.05, 4.69) is 4.98 Å². The summed E-state index contributed by atoms with van der Waals surface area (Å²) < 4.78 is 0. The van der Waals surface area contributed by atoms with Crippen molar-refractivity contribution in [3.8, 4) is 0 Å². The first-order chi connectivity index (χ1) is 7.52. The van der Waals surface area contributed by atoms with E-state index in [1.54, 1.807) is 0 Å². The summed E-state index contributed by atoms with van der Waals surface area (Å²) in [6, 6.07) is 2.32. The summed E-state index contributed by atoms with van der Waals surface area (Å²) >= 11 is 0. The third-order valence-electron chi connectivity index (χ3n) is 2.24. The highest BCUT2D eigenvalue weighted by Gasteiger charge is 2.24. The van der Waals surface area contributed by atoms with E-state index in [9.17, 15) is 20.2 Å². The standard InChI is InChI=1S/C8H6N4O4/c9-7-4-1-2-10-8(4)6(12(15)16)3-5(7)11(13)14/h1-3,10H,9H2. The summed E-state index contributed by atoms with van der Waals surface area (Å²) in [6.45, 7) is 0. The smallest absolute Gasteiger partial charge is 0.300 e. The molecule has 0 spiro atoms. The number of benzene rings is 1. The molecule has 0 amide bonds. The van der Waals surface area contributed by atoms with E-state index in [1.807, 2.05) is 0 Å². The molecule has 82 valence electrons. The van der Waals surface area contributed by atoms with Crippen LogP contribution in [-0.4, -0.2) is 14.8 Å². The Hall–Kier alpha value is -2.64.